The van der Waals surface area contributed by atoms with Crippen LogP contribution in [0.5, 0.6) is 0 Å². The molecule has 0 unspecified atom stereocenters. The maximum Gasteiger partial charge on any atom is 0.225 e. The van der Waals surface area contributed by atoms with E-state index in [1.165, 1.54) is 0 Å². The molecule has 1 saturated heterocycles. The molecule has 0 radical (unpaired) electrons. The van der Waals surface area contributed by atoms with E-state index in [0.29, 0.717) is 13.0 Å². The molecular weight excluding hydrogens is 244 g/mol. The van der Waals surface area contributed by atoms with Crippen LogP contribution >= 0.6 is 0 Å². The topological polar surface area (TPSA) is 61.5 Å². The molecule has 1 aliphatic rings. The molecule has 106 valence electrons. The van der Waals surface area contributed by atoms with Crippen LogP contribution in [0.15, 0.2) is 12.4 Å². The molecule has 19 heavy (non-hydrogen) atoms. The minimum absolute atomic E-state index is 0.0331. The predicted octanol–water partition coefficient (Wildman–Crippen LogP) is 0.650. The number of hydrogen-bond acceptors (Lipinski definition) is 4. The number of carbonyl (C=O) groups excluding carboxylic acids is 1. The summed E-state index contributed by atoms with van der Waals surface area (Å²) in [5, 5.41) is 0. The van der Waals surface area contributed by atoms with Crippen LogP contribution in [-0.2, 0) is 9.53 Å². The van der Waals surface area contributed by atoms with Gasteiger partial charge in [0.2, 0.25) is 5.91 Å². The van der Waals surface area contributed by atoms with Crippen molar-refractivity contribution in [2.45, 2.75) is 25.5 Å². The van der Waals surface area contributed by atoms with Crippen molar-refractivity contribution < 1.29 is 9.53 Å². The lowest BCUT2D eigenvalue weighted by Crippen LogP contribution is -2.49. The molecule has 2 rings (SSSR count). The van der Waals surface area contributed by atoms with Gasteiger partial charge in [-0.3, -0.25) is 9.69 Å². The van der Waals surface area contributed by atoms with Gasteiger partial charge in [-0.05, 0) is 14.0 Å². The molecule has 1 aromatic heterocycles. The van der Waals surface area contributed by atoms with Crippen LogP contribution in [0.2, 0.25) is 0 Å². The fourth-order valence-corrected chi connectivity index (χ4v) is 2.31. The lowest BCUT2D eigenvalue weighted by Gasteiger charge is -2.38. The number of nitrogens with one attached hydrogen (secondary N) is 1. The average molecular weight is 266 g/mol. The van der Waals surface area contributed by atoms with Crippen LogP contribution < -0.4 is 0 Å². The summed E-state index contributed by atoms with van der Waals surface area (Å²) in [6.45, 7) is 4.22. The quantitative estimate of drug-likeness (QED) is 0.869. The highest BCUT2D eigenvalue weighted by molar-refractivity contribution is 5.76. The molecule has 1 N–H and O–H groups in total. The van der Waals surface area contributed by atoms with Crippen molar-refractivity contribution in [2.24, 2.45) is 0 Å². The molecule has 0 spiro atoms. The zero-order chi connectivity index (χ0) is 13.8. The Labute approximate surface area is 113 Å². The van der Waals surface area contributed by atoms with Crippen molar-refractivity contribution in [3.8, 4) is 0 Å². The molecule has 6 nitrogen and oxygen atoms in total. The first-order valence-corrected chi connectivity index (χ1v) is 6.62. The number of ether oxygens (including phenoxy) is 1. The highest BCUT2D eigenvalue weighted by Gasteiger charge is 2.30. The van der Waals surface area contributed by atoms with Crippen LogP contribution in [0, 0.1) is 0 Å². The summed E-state index contributed by atoms with van der Waals surface area (Å²) in [6.07, 6.45) is 3.97. The Morgan fingerprint density at radius 2 is 2.42 bits per heavy atom. The highest BCUT2D eigenvalue weighted by Crippen LogP contribution is 2.21. The third-order valence-corrected chi connectivity index (χ3v) is 3.70. The Morgan fingerprint density at radius 3 is 3.05 bits per heavy atom. The van der Waals surface area contributed by atoms with E-state index < -0.39 is 0 Å². The minimum atomic E-state index is -0.0331. The summed E-state index contributed by atoms with van der Waals surface area (Å²) in [7, 11) is 3.69. The first-order valence-electron chi connectivity index (χ1n) is 6.62. The number of amides is 1. The van der Waals surface area contributed by atoms with E-state index >= 15 is 0 Å². The monoisotopic (exact) mass is 266 g/mol. The predicted molar refractivity (Wildman–Crippen MR) is 71.6 cm³/mol. The van der Waals surface area contributed by atoms with Crippen molar-refractivity contribution in [2.75, 3.05) is 33.8 Å². The molecule has 1 fully saturated rings. The van der Waals surface area contributed by atoms with Gasteiger partial charge in [-0.2, -0.15) is 0 Å². The summed E-state index contributed by atoms with van der Waals surface area (Å²) >= 11 is 0. The molecule has 2 heterocycles. The molecule has 0 bridgehead atoms. The normalized spacial score (nSPS) is 22.5. The number of carbonyl (C=O) groups is 1. The maximum atomic E-state index is 12.2. The molecule has 1 aliphatic heterocycles. The number of piperazine rings is 1. The minimum Gasteiger partial charge on any atom is -0.381 e. The molecule has 0 aromatic carbocycles. The fraction of sp³-hybridized carbons (Fsp3) is 0.692. The van der Waals surface area contributed by atoms with E-state index in [0.717, 1.165) is 18.9 Å². The summed E-state index contributed by atoms with van der Waals surface area (Å²) in [4.78, 5) is 23.8. The maximum absolute atomic E-state index is 12.2. The van der Waals surface area contributed by atoms with Crippen molar-refractivity contribution in [3.05, 3.63) is 18.2 Å². The zero-order valence-electron chi connectivity index (χ0n) is 11.8. The van der Waals surface area contributed by atoms with Crippen molar-refractivity contribution in [3.63, 3.8) is 0 Å². The second-order valence-corrected chi connectivity index (χ2v) is 5.06. The van der Waals surface area contributed by atoms with E-state index in [1.54, 1.807) is 13.3 Å². The Balaban J connectivity index is 1.99. The Hall–Kier alpha value is -1.40. The first-order chi connectivity index (χ1) is 9.11. The number of aromatic amines is 1. The van der Waals surface area contributed by atoms with E-state index in [2.05, 4.69) is 21.9 Å². The van der Waals surface area contributed by atoms with Crippen LogP contribution in [0.1, 0.15) is 25.2 Å². The molecule has 6 heteroatoms. The highest BCUT2D eigenvalue weighted by atomic mass is 16.5. The number of likely N-dealkylation sites (N-methyl/N-ethyl adjacent to an activating group) is 1. The molecular formula is C13H22N4O2. The van der Waals surface area contributed by atoms with Gasteiger partial charge in [-0.15, -0.1) is 0 Å². The molecule has 2 atom stereocenters. The fourth-order valence-electron chi connectivity index (χ4n) is 2.31. The van der Waals surface area contributed by atoms with Gasteiger partial charge in [0, 0.05) is 39.1 Å². The third kappa shape index (κ3) is 3.33. The smallest absolute Gasteiger partial charge is 0.225 e. The van der Waals surface area contributed by atoms with Gasteiger partial charge < -0.3 is 14.6 Å². The van der Waals surface area contributed by atoms with Crippen LogP contribution in [0.3, 0.4) is 0 Å². The van der Waals surface area contributed by atoms with Gasteiger partial charge in [-0.25, -0.2) is 4.98 Å². The number of rotatable bonds is 4. The van der Waals surface area contributed by atoms with Gasteiger partial charge >= 0.3 is 0 Å². The zero-order valence-corrected chi connectivity index (χ0v) is 11.8. The van der Waals surface area contributed by atoms with Crippen LogP contribution in [-0.4, -0.2) is 65.6 Å². The second kappa shape index (κ2) is 6.16. The third-order valence-electron chi connectivity index (χ3n) is 3.70. The second-order valence-electron chi connectivity index (χ2n) is 5.06. The van der Waals surface area contributed by atoms with E-state index in [4.69, 9.17) is 4.74 Å². The molecule has 1 amide bonds. The number of nitrogens with zero attached hydrogens (tertiary/aromatic N) is 3. The molecule has 1 aromatic rings. The van der Waals surface area contributed by atoms with Gasteiger partial charge in [0.05, 0.1) is 18.6 Å². The number of imidazole rings is 1. The van der Waals surface area contributed by atoms with Crippen LogP contribution in [0.25, 0.3) is 0 Å². The van der Waals surface area contributed by atoms with Gasteiger partial charge in [0.1, 0.15) is 5.82 Å². The Kier molecular flexibility index (Phi) is 4.55. The largest absolute Gasteiger partial charge is 0.381 e. The van der Waals surface area contributed by atoms with Crippen molar-refractivity contribution >= 4 is 5.91 Å². The summed E-state index contributed by atoms with van der Waals surface area (Å²) in [5.41, 5.74) is 0. The number of H-pyrrole nitrogens is 1. The number of aromatic nitrogens is 2. The van der Waals surface area contributed by atoms with Crippen molar-refractivity contribution in [1.29, 1.82) is 0 Å². The molecule has 0 saturated carbocycles. The SMILES string of the molecule is CO[C@@H](C)CC(=O)N1CCN(C)[C@H](c2ncc[nH]2)C1. The lowest BCUT2D eigenvalue weighted by molar-refractivity contribution is -0.136. The molecule has 0 aliphatic carbocycles. The van der Waals surface area contributed by atoms with Gasteiger partial charge in [0.15, 0.2) is 0 Å². The summed E-state index contributed by atoms with van der Waals surface area (Å²) in [6, 6.07) is 0.144. The average Bonchev–Trinajstić information content (AvgIpc) is 2.92. The van der Waals surface area contributed by atoms with Crippen LogP contribution in [0.4, 0.5) is 0 Å². The number of methoxy groups -OCH3 is 1. The van der Waals surface area contributed by atoms with E-state index in [1.807, 2.05) is 18.0 Å². The van der Waals surface area contributed by atoms with Gasteiger partial charge in [0.25, 0.3) is 0 Å². The number of hydrogen-bond donors (Lipinski definition) is 1. The summed E-state index contributed by atoms with van der Waals surface area (Å²) < 4.78 is 5.16. The Morgan fingerprint density at radius 1 is 1.63 bits per heavy atom. The Bertz CT molecular complexity index is 407. The van der Waals surface area contributed by atoms with Crippen molar-refractivity contribution in [1.82, 2.24) is 19.8 Å². The lowest BCUT2D eigenvalue weighted by atomic mass is 10.1. The van der Waals surface area contributed by atoms with E-state index in [9.17, 15) is 4.79 Å². The standard InChI is InChI=1S/C13H22N4O2/c1-10(19-3)8-12(18)17-7-6-16(2)11(9-17)13-14-4-5-15-13/h4-5,10-11H,6-9H2,1-3H3,(H,14,15)/t10-,11-/m0/s1. The van der Waals surface area contributed by atoms with Gasteiger partial charge in [-0.1, -0.05) is 0 Å². The van der Waals surface area contributed by atoms with E-state index in [-0.39, 0.29) is 18.1 Å². The first kappa shape index (κ1) is 14.0. The summed E-state index contributed by atoms with van der Waals surface area (Å²) in [5.74, 6) is 1.07.